The molecule has 0 spiro atoms. The predicted molar refractivity (Wildman–Crippen MR) is 148 cm³/mol. The molecule has 0 aromatic carbocycles. The van der Waals surface area contributed by atoms with E-state index in [0.29, 0.717) is 25.7 Å². The molecule has 6 rings (SSSR count). The van der Waals surface area contributed by atoms with Crippen molar-refractivity contribution in [2.24, 2.45) is 45.8 Å². The molecule has 12 atom stereocenters. The van der Waals surface area contributed by atoms with Crippen LogP contribution in [0.15, 0.2) is 0 Å². The minimum Gasteiger partial charge on any atom is -0.458 e. The van der Waals surface area contributed by atoms with Gasteiger partial charge in [0.2, 0.25) is 0 Å². The molecule has 0 aromatic rings. The van der Waals surface area contributed by atoms with Crippen LogP contribution in [0.4, 0.5) is 13.2 Å². The molecule has 46 heavy (non-hydrogen) atoms. The van der Waals surface area contributed by atoms with Crippen molar-refractivity contribution in [2.45, 2.75) is 117 Å². The van der Waals surface area contributed by atoms with Crippen molar-refractivity contribution >= 4 is 29.8 Å². The first-order valence-electron chi connectivity index (χ1n) is 15.9. The molecule has 0 N–H and O–H groups in total. The third-order valence-corrected chi connectivity index (χ3v) is 11.4. The molecule has 0 radical (unpaired) electrons. The minimum atomic E-state index is -4.71. The van der Waals surface area contributed by atoms with Gasteiger partial charge in [-0.1, -0.05) is 20.8 Å². The quantitative estimate of drug-likeness (QED) is 0.210. The molecule has 6 fully saturated rings. The molecule has 11 nitrogen and oxygen atoms in total. The van der Waals surface area contributed by atoms with E-state index in [-0.39, 0.29) is 42.2 Å². The molecule has 2 aliphatic heterocycles. The Kier molecular flexibility index (Phi) is 8.42. The van der Waals surface area contributed by atoms with Gasteiger partial charge in [-0.2, -0.15) is 18.4 Å². The molecule has 12 unspecified atom stereocenters. The lowest BCUT2D eigenvalue weighted by molar-refractivity contribution is -0.222. The Morgan fingerprint density at radius 3 is 2.11 bits per heavy atom. The highest BCUT2D eigenvalue weighted by molar-refractivity contribution is 6.03. The zero-order chi connectivity index (χ0) is 34.1. The smallest absolute Gasteiger partial charge is 0.425 e. The fourth-order valence-electron chi connectivity index (χ4n) is 7.90. The Morgan fingerprint density at radius 1 is 0.957 bits per heavy atom. The molecule has 6 aliphatic rings. The molecule has 0 aromatic heterocycles. The van der Waals surface area contributed by atoms with Crippen LogP contribution < -0.4 is 0 Å². The summed E-state index contributed by atoms with van der Waals surface area (Å²) < 4.78 is 64.3. The van der Waals surface area contributed by atoms with E-state index >= 15 is 0 Å². The molecule has 14 heteroatoms. The number of hydrogen-bond donors (Lipinski definition) is 0. The van der Waals surface area contributed by atoms with Crippen molar-refractivity contribution in [1.29, 1.82) is 5.26 Å². The van der Waals surface area contributed by atoms with Gasteiger partial charge in [0, 0.05) is 23.7 Å². The molecule has 2 saturated heterocycles. The maximum Gasteiger partial charge on any atom is 0.425 e. The number of nitriles is 1. The number of ether oxygens (including phenoxy) is 5. The van der Waals surface area contributed by atoms with Gasteiger partial charge >= 0.3 is 36.0 Å². The third-order valence-electron chi connectivity index (χ3n) is 11.4. The molecule has 0 amide bonds. The monoisotopic (exact) mass is 655 g/mol. The number of fused-ring (bicyclic) bond motifs is 2. The summed E-state index contributed by atoms with van der Waals surface area (Å²) in [5, 5.41) is 9.31. The number of halogens is 3. The Bertz CT molecular complexity index is 1360. The molecule has 4 aliphatic carbocycles. The second kappa shape index (κ2) is 11.4. The largest absolute Gasteiger partial charge is 0.458 e. The van der Waals surface area contributed by atoms with Crippen LogP contribution in [-0.4, -0.2) is 66.5 Å². The lowest BCUT2D eigenvalue weighted by Crippen LogP contribution is -2.47. The van der Waals surface area contributed by atoms with Gasteiger partial charge in [0.15, 0.2) is 16.9 Å². The van der Waals surface area contributed by atoms with Gasteiger partial charge < -0.3 is 23.7 Å². The summed E-state index contributed by atoms with van der Waals surface area (Å²) in [6.45, 7) is 9.92. The number of alkyl halides is 3. The molecule has 254 valence electrons. The third kappa shape index (κ3) is 5.03. The maximum absolute atomic E-state index is 12.7. The highest BCUT2D eigenvalue weighted by atomic mass is 19.4. The van der Waals surface area contributed by atoms with E-state index in [1.807, 2.05) is 27.7 Å². The summed E-state index contributed by atoms with van der Waals surface area (Å²) in [5.74, 6) is -4.43. The lowest BCUT2D eigenvalue weighted by atomic mass is 9.73. The average Bonchev–Trinajstić information content (AvgIpc) is 3.80. The Morgan fingerprint density at radius 2 is 1.52 bits per heavy atom. The van der Waals surface area contributed by atoms with Crippen molar-refractivity contribution in [3.8, 4) is 6.07 Å². The van der Waals surface area contributed by atoms with Gasteiger partial charge in [-0.05, 0) is 59.3 Å². The predicted octanol–water partition coefficient (Wildman–Crippen LogP) is 4.20. The maximum atomic E-state index is 12.7. The number of hydrogen-bond acceptors (Lipinski definition) is 11. The number of esters is 5. The Hall–Kier alpha value is -3.37. The van der Waals surface area contributed by atoms with Gasteiger partial charge in [0.25, 0.3) is 0 Å². The van der Waals surface area contributed by atoms with E-state index in [9.17, 15) is 42.4 Å². The van der Waals surface area contributed by atoms with E-state index in [4.69, 9.17) is 18.9 Å². The molecule has 4 saturated carbocycles. The average molecular weight is 656 g/mol. The number of rotatable bonds is 8. The highest BCUT2D eigenvalue weighted by Gasteiger charge is 2.76. The van der Waals surface area contributed by atoms with Crippen LogP contribution in [0.25, 0.3) is 0 Å². The first kappa shape index (κ1) is 34.0. The van der Waals surface area contributed by atoms with Crippen LogP contribution in [0, 0.1) is 57.2 Å². The van der Waals surface area contributed by atoms with Crippen molar-refractivity contribution in [1.82, 2.24) is 0 Å². The van der Waals surface area contributed by atoms with Crippen molar-refractivity contribution in [2.75, 3.05) is 0 Å². The topological polar surface area (TPSA) is 155 Å². The van der Waals surface area contributed by atoms with Gasteiger partial charge in [-0.25, -0.2) is 0 Å². The van der Waals surface area contributed by atoms with E-state index < -0.39 is 76.6 Å². The summed E-state index contributed by atoms with van der Waals surface area (Å²) in [6.07, 6.45) is -6.41. The van der Waals surface area contributed by atoms with E-state index in [1.54, 1.807) is 6.92 Å². The van der Waals surface area contributed by atoms with Crippen molar-refractivity contribution in [3.63, 3.8) is 0 Å². The van der Waals surface area contributed by atoms with E-state index in [0.717, 1.165) is 13.3 Å². The van der Waals surface area contributed by atoms with Gasteiger partial charge in [0.05, 0.1) is 17.4 Å². The SMILES string of the molecule is CCC(C)(C)C(=O)OC1C2CC3C1OC(=O)C3(C#N)C2.CCC(C)C(=O)OC1C2CC3C1OC(=O)C3(C(=O)OC(C)C(F)(F)F)C2. The minimum absolute atomic E-state index is 0.0190. The fourth-order valence-corrected chi connectivity index (χ4v) is 7.90. The molecule has 2 heterocycles. The molecule has 4 bridgehead atoms. The molecular weight excluding hydrogens is 615 g/mol. The number of carbonyl (C=O) groups is 5. The normalized spacial score (nSPS) is 39.0. The fraction of sp³-hybridized carbons (Fsp3) is 0.812. The summed E-state index contributed by atoms with van der Waals surface area (Å²) in [5.41, 5.74) is -3.22. The highest BCUT2D eigenvalue weighted by Crippen LogP contribution is 2.64. The van der Waals surface area contributed by atoms with E-state index in [2.05, 4.69) is 10.8 Å². The summed E-state index contributed by atoms with van der Waals surface area (Å²) in [7, 11) is 0. The van der Waals surface area contributed by atoms with Gasteiger partial charge in [-0.3, -0.25) is 24.0 Å². The van der Waals surface area contributed by atoms with Gasteiger partial charge in [-0.15, -0.1) is 0 Å². The number of nitrogens with zero attached hydrogens (tertiary/aromatic N) is 1. The van der Waals surface area contributed by atoms with Crippen LogP contribution in [0.5, 0.6) is 0 Å². The van der Waals surface area contributed by atoms with Crippen LogP contribution >= 0.6 is 0 Å². The summed E-state index contributed by atoms with van der Waals surface area (Å²) >= 11 is 0. The van der Waals surface area contributed by atoms with E-state index in [1.165, 1.54) is 0 Å². The summed E-state index contributed by atoms with van der Waals surface area (Å²) in [6, 6.07) is 2.15. The van der Waals surface area contributed by atoms with Crippen LogP contribution in [-0.2, 0) is 47.7 Å². The van der Waals surface area contributed by atoms with Crippen molar-refractivity contribution < 1.29 is 60.8 Å². The standard InChI is InChI=1S/C17H21F3O6.C15H19NO4/c1-4-7(2)13(21)25-11-9-5-10-12(11)26-15(23)16(10,6-9)14(22)24-8(3)17(18,19)20;1-4-14(2,3)12(17)19-10-8-5-9-11(10)20-13(18)15(9,6-8)7-16/h7-12H,4-6H2,1-3H3;8-11H,4-6H2,1-3H3. The van der Waals surface area contributed by atoms with Crippen LogP contribution in [0.2, 0.25) is 0 Å². The van der Waals surface area contributed by atoms with Crippen LogP contribution in [0.1, 0.15) is 80.1 Å². The Balaban J connectivity index is 0.000000187. The Labute approximate surface area is 264 Å². The number of carbonyl (C=O) groups excluding carboxylic acids is 5. The first-order chi connectivity index (χ1) is 21.4. The zero-order valence-electron chi connectivity index (χ0n) is 26.7. The second-order valence-corrected chi connectivity index (χ2v) is 14.3. The van der Waals surface area contributed by atoms with Crippen molar-refractivity contribution in [3.05, 3.63) is 0 Å². The zero-order valence-corrected chi connectivity index (χ0v) is 26.7. The van der Waals surface area contributed by atoms with Crippen LogP contribution in [0.3, 0.4) is 0 Å². The molecular formula is C32H40F3NO10. The lowest BCUT2D eigenvalue weighted by Gasteiger charge is -2.31. The summed E-state index contributed by atoms with van der Waals surface area (Å²) in [4.78, 5) is 61.0. The first-order valence-corrected chi connectivity index (χ1v) is 15.9. The van der Waals surface area contributed by atoms with Gasteiger partial charge in [0.1, 0.15) is 24.4 Å². The second-order valence-electron chi connectivity index (χ2n) is 14.3.